The van der Waals surface area contributed by atoms with Crippen molar-refractivity contribution in [3.05, 3.63) is 12.2 Å². The van der Waals surface area contributed by atoms with E-state index in [1.165, 1.54) is 38.5 Å². The lowest BCUT2D eigenvalue weighted by Crippen LogP contribution is -2.54. The van der Waals surface area contributed by atoms with Crippen LogP contribution >= 0.6 is 0 Å². The molecule has 0 radical (unpaired) electrons. The van der Waals surface area contributed by atoms with Crippen LogP contribution in [0.3, 0.4) is 0 Å². The molecule has 5 nitrogen and oxygen atoms in total. The van der Waals surface area contributed by atoms with E-state index in [0.717, 1.165) is 6.42 Å². The van der Waals surface area contributed by atoms with E-state index in [1.54, 1.807) is 0 Å². The molecule has 1 rings (SSSR count). The minimum Gasteiger partial charge on any atom is -0.388 e. The van der Waals surface area contributed by atoms with E-state index in [0.29, 0.717) is 6.61 Å². The normalized spacial score (nSPS) is 29.3. The van der Waals surface area contributed by atoms with E-state index >= 15 is 0 Å². The fraction of sp³-hybridized carbons (Fsp3) is 0.882. The van der Waals surface area contributed by atoms with Gasteiger partial charge in [-0.1, -0.05) is 51.2 Å². The summed E-state index contributed by atoms with van der Waals surface area (Å²) < 4.78 is 10.7. The Labute approximate surface area is 133 Å². The highest BCUT2D eigenvalue weighted by atomic mass is 16.6. The number of unbranched alkanes of at least 4 members (excludes halogenated alkanes) is 6. The Morgan fingerprint density at radius 1 is 1.00 bits per heavy atom. The monoisotopic (exact) mass is 316 g/mol. The second-order valence-corrected chi connectivity index (χ2v) is 5.99. The fourth-order valence-electron chi connectivity index (χ4n) is 2.49. The number of aliphatic hydroxyl groups excluding tert-OH is 3. The molecule has 3 N–H and O–H groups in total. The van der Waals surface area contributed by atoms with Crippen LogP contribution in [0.5, 0.6) is 0 Å². The summed E-state index contributed by atoms with van der Waals surface area (Å²) in [6.07, 6.45) is 9.10. The molecule has 1 aliphatic heterocycles. The summed E-state index contributed by atoms with van der Waals surface area (Å²) in [5.74, 6) is 0. The summed E-state index contributed by atoms with van der Waals surface area (Å²) in [5.41, 5.74) is 0. The Balaban J connectivity index is 1.97. The zero-order valence-corrected chi connectivity index (χ0v) is 13.7. The molecule has 1 heterocycles. The van der Waals surface area contributed by atoms with Crippen molar-refractivity contribution in [1.29, 1.82) is 0 Å². The Morgan fingerprint density at radius 2 is 1.73 bits per heavy atom. The van der Waals surface area contributed by atoms with E-state index in [9.17, 15) is 15.3 Å². The molecule has 0 bridgehead atoms. The molecule has 0 aromatic heterocycles. The number of ether oxygens (including phenoxy) is 2. The fourth-order valence-corrected chi connectivity index (χ4v) is 2.49. The van der Waals surface area contributed by atoms with Gasteiger partial charge in [-0.15, -0.1) is 0 Å². The predicted octanol–water partition coefficient (Wildman–Crippen LogP) is 1.79. The molecular weight excluding hydrogens is 284 g/mol. The average molecular weight is 316 g/mol. The van der Waals surface area contributed by atoms with E-state index in [4.69, 9.17) is 9.47 Å². The van der Waals surface area contributed by atoms with Crippen LogP contribution < -0.4 is 0 Å². The highest BCUT2D eigenvalue weighted by Gasteiger charge is 2.37. The first-order valence-corrected chi connectivity index (χ1v) is 8.55. The second-order valence-electron chi connectivity index (χ2n) is 5.99. The third kappa shape index (κ3) is 7.70. The van der Waals surface area contributed by atoms with Gasteiger partial charge in [-0.3, -0.25) is 0 Å². The lowest BCUT2D eigenvalue weighted by Gasteiger charge is -2.34. The van der Waals surface area contributed by atoms with Gasteiger partial charge in [0.1, 0.15) is 24.4 Å². The molecule has 1 saturated heterocycles. The Bertz CT molecular complexity index is 295. The van der Waals surface area contributed by atoms with Crippen molar-refractivity contribution in [1.82, 2.24) is 0 Å². The molecule has 1 aliphatic rings. The maximum atomic E-state index is 9.74. The molecule has 0 aliphatic carbocycles. The molecule has 0 amide bonds. The summed E-state index contributed by atoms with van der Waals surface area (Å²) >= 11 is 0. The zero-order chi connectivity index (χ0) is 16.2. The number of hydrogen-bond donors (Lipinski definition) is 3. The molecule has 0 spiro atoms. The Kier molecular flexibility index (Phi) is 10.7. The van der Waals surface area contributed by atoms with Crippen molar-refractivity contribution >= 4 is 0 Å². The van der Waals surface area contributed by atoms with Crippen molar-refractivity contribution < 1.29 is 24.8 Å². The van der Waals surface area contributed by atoms with Crippen LogP contribution in [0.4, 0.5) is 0 Å². The molecular formula is C17H32O5. The SMILES string of the molecule is CCCCCCCC/C=C/COC[C@@H]1OC[C@@H](O)[C@H](O)[C@H]1O. The van der Waals surface area contributed by atoms with Crippen LogP contribution in [0.1, 0.15) is 51.9 Å². The van der Waals surface area contributed by atoms with Crippen LogP contribution in [0.15, 0.2) is 12.2 Å². The second kappa shape index (κ2) is 12.0. The lowest BCUT2D eigenvalue weighted by molar-refractivity contribution is -0.198. The van der Waals surface area contributed by atoms with E-state index in [2.05, 4.69) is 13.0 Å². The molecule has 22 heavy (non-hydrogen) atoms. The Morgan fingerprint density at radius 3 is 2.50 bits per heavy atom. The molecule has 5 heteroatoms. The first-order chi connectivity index (χ1) is 10.7. The largest absolute Gasteiger partial charge is 0.388 e. The summed E-state index contributed by atoms with van der Waals surface area (Å²) in [6.45, 7) is 2.94. The van der Waals surface area contributed by atoms with Crippen molar-refractivity contribution in [2.45, 2.75) is 76.3 Å². The predicted molar refractivity (Wildman–Crippen MR) is 85.7 cm³/mol. The van der Waals surface area contributed by atoms with E-state index in [1.807, 2.05) is 6.08 Å². The summed E-state index contributed by atoms with van der Waals surface area (Å²) in [6, 6.07) is 0. The number of hydrogen-bond acceptors (Lipinski definition) is 5. The van der Waals surface area contributed by atoms with Gasteiger partial charge in [-0.2, -0.15) is 0 Å². The van der Waals surface area contributed by atoms with Gasteiger partial charge >= 0.3 is 0 Å². The molecule has 0 saturated carbocycles. The number of aliphatic hydroxyl groups is 3. The minimum absolute atomic E-state index is 0.0279. The molecule has 4 atom stereocenters. The van der Waals surface area contributed by atoms with Crippen LogP contribution in [0.2, 0.25) is 0 Å². The van der Waals surface area contributed by atoms with Crippen molar-refractivity contribution in [2.24, 2.45) is 0 Å². The lowest BCUT2D eigenvalue weighted by atomic mass is 10.0. The summed E-state index contributed by atoms with van der Waals surface area (Å²) in [7, 11) is 0. The van der Waals surface area contributed by atoms with E-state index in [-0.39, 0.29) is 13.2 Å². The third-order valence-electron chi connectivity index (χ3n) is 3.99. The minimum atomic E-state index is -1.16. The van der Waals surface area contributed by atoms with Gasteiger partial charge in [0.05, 0.1) is 19.8 Å². The van der Waals surface area contributed by atoms with Gasteiger partial charge in [0.15, 0.2) is 0 Å². The zero-order valence-electron chi connectivity index (χ0n) is 13.7. The van der Waals surface area contributed by atoms with E-state index < -0.39 is 24.4 Å². The maximum Gasteiger partial charge on any atom is 0.111 e. The van der Waals surface area contributed by atoms with Gasteiger partial charge < -0.3 is 24.8 Å². The summed E-state index contributed by atoms with van der Waals surface area (Å²) in [4.78, 5) is 0. The number of allylic oxidation sites excluding steroid dienone is 1. The van der Waals surface area contributed by atoms with Crippen molar-refractivity contribution in [3.63, 3.8) is 0 Å². The molecule has 0 aromatic carbocycles. The molecule has 130 valence electrons. The van der Waals surface area contributed by atoms with Gasteiger partial charge in [-0.05, 0) is 12.8 Å². The van der Waals surface area contributed by atoms with Crippen LogP contribution in [0.25, 0.3) is 0 Å². The van der Waals surface area contributed by atoms with Gasteiger partial charge in [-0.25, -0.2) is 0 Å². The quantitative estimate of drug-likeness (QED) is 0.400. The average Bonchev–Trinajstić information content (AvgIpc) is 2.52. The van der Waals surface area contributed by atoms with Crippen molar-refractivity contribution in [3.8, 4) is 0 Å². The molecule has 0 aromatic rings. The standard InChI is InChI=1S/C17H32O5/c1-2-3-4-5-6-7-8-9-10-11-21-13-15-17(20)16(19)14(18)12-22-15/h9-10,14-20H,2-8,11-13H2,1H3/b10-9+/t14-,15+,16+,17+/m1/s1. The first-order valence-electron chi connectivity index (χ1n) is 8.55. The number of rotatable bonds is 11. The topological polar surface area (TPSA) is 79.2 Å². The van der Waals surface area contributed by atoms with Crippen molar-refractivity contribution in [2.75, 3.05) is 19.8 Å². The third-order valence-corrected chi connectivity index (χ3v) is 3.99. The van der Waals surface area contributed by atoms with Crippen LogP contribution in [-0.4, -0.2) is 59.6 Å². The highest BCUT2D eigenvalue weighted by Crippen LogP contribution is 2.15. The maximum absolute atomic E-state index is 9.74. The van der Waals surface area contributed by atoms with Crippen LogP contribution in [0, 0.1) is 0 Å². The molecule has 0 unspecified atom stereocenters. The summed E-state index contributed by atoms with van der Waals surface area (Å²) in [5, 5.41) is 28.6. The van der Waals surface area contributed by atoms with Gasteiger partial charge in [0.2, 0.25) is 0 Å². The molecule has 1 fully saturated rings. The highest BCUT2D eigenvalue weighted by molar-refractivity contribution is 4.87. The smallest absolute Gasteiger partial charge is 0.111 e. The van der Waals surface area contributed by atoms with Gasteiger partial charge in [0, 0.05) is 0 Å². The van der Waals surface area contributed by atoms with Gasteiger partial charge in [0.25, 0.3) is 0 Å². The van der Waals surface area contributed by atoms with Crippen LogP contribution in [-0.2, 0) is 9.47 Å². The Hall–Kier alpha value is -0.460. The first kappa shape index (κ1) is 19.6.